The second-order valence-electron chi connectivity index (χ2n) is 2.17. The van der Waals surface area contributed by atoms with Crippen LogP contribution in [0.4, 0.5) is 8.78 Å². The van der Waals surface area contributed by atoms with Crippen LogP contribution in [0, 0.1) is 11.6 Å². The number of benzene rings is 1. The number of hydrogen-bond donors (Lipinski definition) is 0. The molecule has 0 N–H and O–H groups in total. The van der Waals surface area contributed by atoms with Gasteiger partial charge in [-0.3, -0.25) is 4.79 Å². The predicted molar refractivity (Wildman–Crippen MR) is 42.9 cm³/mol. The second-order valence-corrected chi connectivity index (χ2v) is 3.42. The van der Waals surface area contributed by atoms with E-state index in [-0.39, 0.29) is 5.12 Å². The molecule has 0 aliphatic rings. The standard InChI is InChI=1S/C8H6F2OS/c1-5(11)12-6-2-3-7(9)8(10)4-6/h2-4H,1H3. The van der Waals surface area contributed by atoms with Gasteiger partial charge >= 0.3 is 0 Å². The minimum absolute atomic E-state index is 0.152. The molecule has 12 heavy (non-hydrogen) atoms. The summed E-state index contributed by atoms with van der Waals surface area (Å²) in [6, 6.07) is 3.37. The maximum absolute atomic E-state index is 12.5. The van der Waals surface area contributed by atoms with E-state index in [2.05, 4.69) is 0 Å². The molecule has 64 valence electrons. The van der Waals surface area contributed by atoms with Gasteiger partial charge < -0.3 is 0 Å². The fourth-order valence-corrected chi connectivity index (χ4v) is 1.34. The Balaban J connectivity index is 2.89. The molecule has 0 fully saturated rings. The van der Waals surface area contributed by atoms with Crippen LogP contribution in [0.15, 0.2) is 23.1 Å². The predicted octanol–water partition coefficient (Wildman–Crippen LogP) is 2.60. The zero-order valence-electron chi connectivity index (χ0n) is 6.30. The summed E-state index contributed by atoms with van der Waals surface area (Å²) in [6.07, 6.45) is 0. The molecule has 0 spiro atoms. The monoisotopic (exact) mass is 188 g/mol. The zero-order chi connectivity index (χ0) is 9.14. The molecule has 0 bridgehead atoms. The van der Waals surface area contributed by atoms with Crippen LogP contribution in [0.1, 0.15) is 6.92 Å². The van der Waals surface area contributed by atoms with Crippen LogP contribution in [-0.2, 0) is 4.79 Å². The van der Waals surface area contributed by atoms with Crippen LogP contribution in [0.2, 0.25) is 0 Å². The second kappa shape index (κ2) is 3.67. The van der Waals surface area contributed by atoms with Crippen LogP contribution >= 0.6 is 11.8 Å². The van der Waals surface area contributed by atoms with Gasteiger partial charge in [0, 0.05) is 11.8 Å². The SMILES string of the molecule is CC(=O)Sc1ccc(F)c(F)c1. The number of thioether (sulfide) groups is 1. The number of carbonyl (C=O) groups excluding carboxylic acids is 1. The van der Waals surface area contributed by atoms with Crippen LogP contribution in [0.3, 0.4) is 0 Å². The van der Waals surface area contributed by atoms with Gasteiger partial charge in [-0.05, 0) is 18.2 Å². The zero-order valence-corrected chi connectivity index (χ0v) is 7.12. The lowest BCUT2D eigenvalue weighted by Gasteiger charge is -1.97. The molecule has 0 saturated heterocycles. The van der Waals surface area contributed by atoms with Crippen molar-refractivity contribution in [2.75, 3.05) is 0 Å². The number of carbonyl (C=O) groups is 1. The summed E-state index contributed by atoms with van der Waals surface area (Å²) in [6.45, 7) is 1.37. The van der Waals surface area contributed by atoms with Crippen molar-refractivity contribution in [3.8, 4) is 0 Å². The summed E-state index contributed by atoms with van der Waals surface area (Å²) in [7, 11) is 0. The molecule has 0 saturated carbocycles. The van der Waals surface area contributed by atoms with Crippen molar-refractivity contribution >= 4 is 16.9 Å². The van der Waals surface area contributed by atoms with Crippen molar-refractivity contribution < 1.29 is 13.6 Å². The largest absolute Gasteiger partial charge is 0.287 e. The molecular formula is C8H6F2OS. The fourth-order valence-electron chi connectivity index (χ4n) is 0.706. The van der Waals surface area contributed by atoms with Crippen LogP contribution < -0.4 is 0 Å². The molecule has 0 radical (unpaired) electrons. The van der Waals surface area contributed by atoms with Crippen LogP contribution in [-0.4, -0.2) is 5.12 Å². The Morgan fingerprint density at radius 2 is 2.00 bits per heavy atom. The Labute approximate surface area is 72.8 Å². The Morgan fingerprint density at radius 1 is 1.33 bits per heavy atom. The highest BCUT2D eigenvalue weighted by Crippen LogP contribution is 2.20. The number of halogens is 2. The normalized spacial score (nSPS) is 9.92. The Hall–Kier alpha value is -0.900. The first-order valence-electron chi connectivity index (χ1n) is 3.23. The molecule has 0 aliphatic heterocycles. The smallest absolute Gasteiger partial charge is 0.190 e. The first-order chi connectivity index (χ1) is 5.59. The molecule has 0 amide bonds. The summed E-state index contributed by atoms with van der Waals surface area (Å²) in [5.41, 5.74) is 0. The summed E-state index contributed by atoms with van der Waals surface area (Å²) in [5, 5.41) is -0.152. The summed E-state index contributed by atoms with van der Waals surface area (Å²) >= 11 is 0.876. The Kier molecular flexibility index (Phi) is 2.81. The van der Waals surface area contributed by atoms with E-state index >= 15 is 0 Å². The van der Waals surface area contributed by atoms with E-state index in [4.69, 9.17) is 0 Å². The third-order valence-electron chi connectivity index (χ3n) is 1.15. The molecule has 0 aliphatic carbocycles. The number of rotatable bonds is 1. The summed E-state index contributed by atoms with van der Waals surface area (Å²) in [4.78, 5) is 11.0. The van der Waals surface area contributed by atoms with Gasteiger partial charge in [0.2, 0.25) is 0 Å². The van der Waals surface area contributed by atoms with Crippen molar-refractivity contribution in [3.05, 3.63) is 29.8 Å². The van der Waals surface area contributed by atoms with Crippen molar-refractivity contribution in [1.82, 2.24) is 0 Å². The molecular weight excluding hydrogens is 182 g/mol. The van der Waals surface area contributed by atoms with Crippen LogP contribution in [0.25, 0.3) is 0 Å². The van der Waals surface area contributed by atoms with E-state index in [1.165, 1.54) is 13.0 Å². The lowest BCUT2D eigenvalue weighted by molar-refractivity contribution is -0.109. The maximum atomic E-state index is 12.5. The fraction of sp³-hybridized carbons (Fsp3) is 0.125. The maximum Gasteiger partial charge on any atom is 0.190 e. The highest BCUT2D eigenvalue weighted by molar-refractivity contribution is 8.13. The van der Waals surface area contributed by atoms with Crippen molar-refractivity contribution in [3.63, 3.8) is 0 Å². The molecule has 1 nitrogen and oxygen atoms in total. The van der Waals surface area contributed by atoms with Gasteiger partial charge in [-0.15, -0.1) is 0 Å². The van der Waals surface area contributed by atoms with E-state index in [9.17, 15) is 13.6 Å². The summed E-state index contributed by atoms with van der Waals surface area (Å²) < 4.78 is 24.9. The average Bonchev–Trinajstić information content (AvgIpc) is 1.96. The number of hydrogen-bond acceptors (Lipinski definition) is 2. The lowest BCUT2D eigenvalue weighted by Crippen LogP contribution is -1.86. The highest BCUT2D eigenvalue weighted by atomic mass is 32.2. The molecule has 1 aromatic carbocycles. The minimum Gasteiger partial charge on any atom is -0.287 e. The van der Waals surface area contributed by atoms with E-state index in [1.807, 2.05) is 0 Å². The van der Waals surface area contributed by atoms with E-state index < -0.39 is 11.6 Å². The van der Waals surface area contributed by atoms with Gasteiger partial charge in [-0.2, -0.15) is 0 Å². The minimum atomic E-state index is -0.929. The molecule has 0 atom stereocenters. The Morgan fingerprint density at radius 3 is 2.50 bits per heavy atom. The molecule has 1 aromatic rings. The molecule has 0 unspecified atom stereocenters. The van der Waals surface area contributed by atoms with Gasteiger partial charge in [0.25, 0.3) is 0 Å². The van der Waals surface area contributed by atoms with E-state index in [1.54, 1.807) is 0 Å². The van der Waals surface area contributed by atoms with Crippen LogP contribution in [0.5, 0.6) is 0 Å². The molecule has 0 aromatic heterocycles. The van der Waals surface area contributed by atoms with Crippen molar-refractivity contribution in [2.45, 2.75) is 11.8 Å². The topological polar surface area (TPSA) is 17.1 Å². The van der Waals surface area contributed by atoms with E-state index in [0.29, 0.717) is 4.90 Å². The van der Waals surface area contributed by atoms with Gasteiger partial charge in [-0.25, -0.2) is 8.78 Å². The quantitative estimate of drug-likeness (QED) is 0.630. The average molecular weight is 188 g/mol. The molecule has 0 heterocycles. The van der Waals surface area contributed by atoms with Gasteiger partial charge in [0.15, 0.2) is 16.7 Å². The third-order valence-corrected chi connectivity index (χ3v) is 1.93. The molecule has 1 rings (SSSR count). The van der Waals surface area contributed by atoms with Crippen molar-refractivity contribution in [2.24, 2.45) is 0 Å². The molecule has 4 heteroatoms. The first kappa shape index (κ1) is 9.19. The summed E-state index contributed by atoms with van der Waals surface area (Å²) in [5.74, 6) is -1.83. The first-order valence-corrected chi connectivity index (χ1v) is 4.04. The van der Waals surface area contributed by atoms with Gasteiger partial charge in [-0.1, -0.05) is 11.8 Å². The Bertz CT molecular complexity index is 312. The lowest BCUT2D eigenvalue weighted by atomic mass is 10.3. The van der Waals surface area contributed by atoms with Gasteiger partial charge in [0.05, 0.1) is 0 Å². The van der Waals surface area contributed by atoms with Crippen molar-refractivity contribution in [1.29, 1.82) is 0 Å². The van der Waals surface area contributed by atoms with E-state index in [0.717, 1.165) is 23.9 Å². The third kappa shape index (κ3) is 2.30. The highest BCUT2D eigenvalue weighted by Gasteiger charge is 2.04. The van der Waals surface area contributed by atoms with Gasteiger partial charge in [0.1, 0.15) is 0 Å².